The number of hydrogen-bond donors (Lipinski definition) is 2. The first-order chi connectivity index (χ1) is 11.6. The van der Waals surface area contributed by atoms with Crippen molar-refractivity contribution < 1.29 is 9.53 Å². The van der Waals surface area contributed by atoms with E-state index in [0.29, 0.717) is 12.6 Å². The van der Waals surface area contributed by atoms with Gasteiger partial charge in [-0.05, 0) is 36.3 Å². The van der Waals surface area contributed by atoms with E-state index in [1.807, 2.05) is 20.2 Å². The maximum Gasteiger partial charge on any atom is 0.413 e. The lowest BCUT2D eigenvalue weighted by Crippen LogP contribution is -2.38. The minimum atomic E-state index is -0.490. The van der Waals surface area contributed by atoms with E-state index in [-0.39, 0.29) is 6.04 Å². The van der Waals surface area contributed by atoms with Crippen LogP contribution in [0.4, 0.5) is 10.5 Å². The summed E-state index contributed by atoms with van der Waals surface area (Å²) < 4.78 is 4.87. The second kappa shape index (κ2) is 6.78. The molecule has 0 saturated carbocycles. The predicted octanol–water partition coefficient (Wildman–Crippen LogP) is 2.50. The van der Waals surface area contributed by atoms with Gasteiger partial charge in [0.25, 0.3) is 0 Å². The topological polar surface area (TPSA) is 66.0 Å². The first-order valence-corrected chi connectivity index (χ1v) is 8.04. The highest BCUT2D eigenvalue weighted by Crippen LogP contribution is 2.30. The number of alkyl carbamates (subject to hydrolysis) is 1. The van der Waals surface area contributed by atoms with Crippen molar-refractivity contribution in [3.05, 3.63) is 47.7 Å². The summed E-state index contributed by atoms with van der Waals surface area (Å²) in [6.07, 6.45) is 4.43. The molecule has 3 rings (SSSR count). The molecule has 0 fully saturated rings. The normalized spacial score (nSPS) is 18.6. The lowest BCUT2D eigenvalue weighted by atomic mass is 9.93. The van der Waals surface area contributed by atoms with Crippen molar-refractivity contribution in [3.8, 4) is 0 Å². The van der Waals surface area contributed by atoms with Gasteiger partial charge in [-0.15, -0.1) is 0 Å². The number of allylic oxidation sites excluding steroid dienone is 2. The van der Waals surface area contributed by atoms with Crippen LogP contribution in [0.1, 0.15) is 18.9 Å². The highest BCUT2D eigenvalue weighted by molar-refractivity contribution is 5.96. The Morgan fingerprint density at radius 3 is 2.75 bits per heavy atom. The molecule has 0 saturated heterocycles. The minimum Gasteiger partial charge on any atom is -0.450 e. The van der Waals surface area contributed by atoms with Gasteiger partial charge in [0.2, 0.25) is 5.96 Å². The van der Waals surface area contributed by atoms with Crippen molar-refractivity contribution in [2.24, 2.45) is 4.99 Å². The summed E-state index contributed by atoms with van der Waals surface area (Å²) in [5.74, 6) is 0.447. The number of benzene rings is 1. The highest BCUT2D eigenvalue weighted by Gasteiger charge is 2.27. The van der Waals surface area contributed by atoms with E-state index in [2.05, 4.69) is 50.9 Å². The third-order valence-corrected chi connectivity index (χ3v) is 4.03. The van der Waals surface area contributed by atoms with Crippen LogP contribution in [0.2, 0.25) is 0 Å². The van der Waals surface area contributed by atoms with Crippen LogP contribution in [-0.4, -0.2) is 38.8 Å². The van der Waals surface area contributed by atoms with Crippen molar-refractivity contribution in [2.75, 3.05) is 25.6 Å². The standard InChI is InChI=1S/C18H22N4O2/c1-4-24-18(23)21-17-19-15-10-7-13(11-16(15)20-17)12-5-8-14(9-6-12)22(2)3/h5-10,16H,4,11H2,1-3H3,(H2,19,20,21,23). The van der Waals surface area contributed by atoms with Gasteiger partial charge < -0.3 is 15.0 Å². The Balaban J connectivity index is 1.69. The summed E-state index contributed by atoms with van der Waals surface area (Å²) >= 11 is 0. The molecular weight excluding hydrogens is 304 g/mol. The molecule has 0 spiro atoms. The lowest BCUT2D eigenvalue weighted by molar-refractivity contribution is 0.157. The molecule has 1 atom stereocenters. The molecule has 1 aromatic rings. The number of nitrogens with zero attached hydrogens (tertiary/aromatic N) is 2. The van der Waals surface area contributed by atoms with E-state index in [0.717, 1.165) is 12.1 Å². The molecule has 1 aliphatic carbocycles. The smallest absolute Gasteiger partial charge is 0.413 e. The number of aliphatic imine (C=N–C) groups is 1. The Bertz CT molecular complexity index is 717. The first-order valence-electron chi connectivity index (χ1n) is 8.04. The first kappa shape index (κ1) is 16.1. The quantitative estimate of drug-likeness (QED) is 0.896. The van der Waals surface area contributed by atoms with E-state index in [1.165, 1.54) is 16.8 Å². The lowest BCUT2D eigenvalue weighted by Gasteiger charge is -2.18. The minimum absolute atomic E-state index is 0.00968. The van der Waals surface area contributed by atoms with Gasteiger partial charge in [-0.3, -0.25) is 5.32 Å². The molecule has 6 heteroatoms. The zero-order valence-corrected chi connectivity index (χ0v) is 14.2. The molecule has 126 valence electrons. The Hall–Kier alpha value is -2.76. The zero-order valence-electron chi connectivity index (χ0n) is 14.2. The molecule has 1 unspecified atom stereocenters. The molecule has 2 aliphatic rings. The number of anilines is 1. The number of guanidine groups is 1. The van der Waals surface area contributed by atoms with Crippen molar-refractivity contribution in [1.29, 1.82) is 0 Å². The van der Waals surface area contributed by atoms with Crippen molar-refractivity contribution in [1.82, 2.24) is 10.6 Å². The van der Waals surface area contributed by atoms with Crippen molar-refractivity contribution in [2.45, 2.75) is 19.4 Å². The largest absolute Gasteiger partial charge is 0.450 e. The maximum absolute atomic E-state index is 11.5. The third-order valence-electron chi connectivity index (χ3n) is 4.03. The van der Waals surface area contributed by atoms with Crippen LogP contribution in [-0.2, 0) is 4.74 Å². The van der Waals surface area contributed by atoms with Gasteiger partial charge in [-0.25, -0.2) is 9.79 Å². The van der Waals surface area contributed by atoms with Gasteiger partial charge in [0, 0.05) is 31.9 Å². The van der Waals surface area contributed by atoms with Gasteiger partial charge in [0.15, 0.2) is 0 Å². The Kier molecular flexibility index (Phi) is 4.55. The van der Waals surface area contributed by atoms with Crippen LogP contribution in [0, 0.1) is 0 Å². The molecule has 0 bridgehead atoms. The SMILES string of the molecule is CCOC(=O)NC1=NC2CC(c3ccc(N(C)C)cc3)=CC=C2N1. The summed E-state index contributed by atoms with van der Waals surface area (Å²) in [5.41, 5.74) is 4.60. The van der Waals surface area contributed by atoms with Gasteiger partial charge in [-0.1, -0.05) is 18.2 Å². The highest BCUT2D eigenvalue weighted by atomic mass is 16.5. The Morgan fingerprint density at radius 1 is 1.33 bits per heavy atom. The molecule has 0 aromatic heterocycles. The van der Waals surface area contributed by atoms with Gasteiger partial charge in [0.1, 0.15) is 0 Å². The molecule has 1 heterocycles. The third kappa shape index (κ3) is 3.42. The van der Waals surface area contributed by atoms with E-state index in [4.69, 9.17) is 4.74 Å². The summed E-state index contributed by atoms with van der Waals surface area (Å²) in [5, 5.41) is 5.75. The number of ether oxygens (including phenoxy) is 1. The fraction of sp³-hybridized carbons (Fsp3) is 0.333. The molecule has 6 nitrogen and oxygen atoms in total. The molecule has 1 amide bonds. The number of carbonyl (C=O) groups is 1. The van der Waals surface area contributed by atoms with E-state index in [1.54, 1.807) is 6.92 Å². The fourth-order valence-corrected chi connectivity index (χ4v) is 2.77. The summed E-state index contributed by atoms with van der Waals surface area (Å²) in [6.45, 7) is 2.10. The van der Waals surface area contributed by atoms with E-state index >= 15 is 0 Å². The Labute approximate surface area is 141 Å². The van der Waals surface area contributed by atoms with Crippen LogP contribution in [0.3, 0.4) is 0 Å². The van der Waals surface area contributed by atoms with E-state index < -0.39 is 6.09 Å². The van der Waals surface area contributed by atoms with E-state index in [9.17, 15) is 4.79 Å². The molecule has 2 N–H and O–H groups in total. The molecular formula is C18H22N4O2. The number of amides is 1. The monoisotopic (exact) mass is 326 g/mol. The van der Waals surface area contributed by atoms with Crippen LogP contribution in [0.5, 0.6) is 0 Å². The second-order valence-corrected chi connectivity index (χ2v) is 5.92. The predicted molar refractivity (Wildman–Crippen MR) is 96.0 cm³/mol. The van der Waals surface area contributed by atoms with Crippen molar-refractivity contribution >= 4 is 23.3 Å². The average molecular weight is 326 g/mol. The number of fused-ring (bicyclic) bond motifs is 1. The number of rotatable bonds is 3. The number of carbonyl (C=O) groups excluding carboxylic acids is 1. The second-order valence-electron chi connectivity index (χ2n) is 5.92. The number of hydrogen-bond acceptors (Lipinski definition) is 5. The maximum atomic E-state index is 11.5. The fourth-order valence-electron chi connectivity index (χ4n) is 2.77. The zero-order chi connectivity index (χ0) is 17.1. The van der Waals surface area contributed by atoms with Gasteiger partial charge in [-0.2, -0.15) is 0 Å². The molecule has 1 aliphatic heterocycles. The molecule has 24 heavy (non-hydrogen) atoms. The average Bonchev–Trinajstić information content (AvgIpc) is 2.96. The van der Waals surface area contributed by atoms with Gasteiger partial charge >= 0.3 is 6.09 Å². The summed E-state index contributed by atoms with van der Waals surface area (Å²) in [7, 11) is 4.06. The van der Waals surface area contributed by atoms with Gasteiger partial charge in [0.05, 0.1) is 12.6 Å². The summed E-state index contributed by atoms with van der Waals surface area (Å²) in [4.78, 5) is 18.1. The van der Waals surface area contributed by atoms with Crippen LogP contribution in [0.25, 0.3) is 5.57 Å². The van der Waals surface area contributed by atoms with Crippen LogP contribution in [0.15, 0.2) is 47.1 Å². The number of nitrogens with one attached hydrogen (secondary N) is 2. The molecule has 0 radical (unpaired) electrons. The molecule has 1 aromatic carbocycles. The van der Waals surface area contributed by atoms with Crippen LogP contribution >= 0.6 is 0 Å². The summed E-state index contributed by atoms with van der Waals surface area (Å²) in [6, 6.07) is 8.49. The van der Waals surface area contributed by atoms with Crippen molar-refractivity contribution in [3.63, 3.8) is 0 Å². The van der Waals surface area contributed by atoms with Crippen LogP contribution < -0.4 is 15.5 Å². The Morgan fingerprint density at radius 2 is 2.08 bits per heavy atom.